The van der Waals surface area contributed by atoms with Gasteiger partial charge in [0, 0.05) is 17.0 Å². The Morgan fingerprint density at radius 3 is 2.43 bits per heavy atom. The highest BCUT2D eigenvalue weighted by atomic mass is 79.9. The lowest BCUT2D eigenvalue weighted by atomic mass is 10.0. The van der Waals surface area contributed by atoms with Gasteiger partial charge in [0.15, 0.2) is 17.5 Å². The SMILES string of the molecule is Fc1cc(C(Br)c2cc(Cl)cc3c2OCC3)cc(F)c1F. The van der Waals surface area contributed by atoms with Gasteiger partial charge in [-0.3, -0.25) is 0 Å². The maximum Gasteiger partial charge on any atom is 0.194 e. The maximum absolute atomic E-state index is 13.4. The minimum atomic E-state index is -1.48. The molecule has 0 aromatic heterocycles. The summed E-state index contributed by atoms with van der Waals surface area (Å²) in [5.41, 5.74) is 1.87. The second-order valence-electron chi connectivity index (χ2n) is 4.74. The zero-order valence-corrected chi connectivity index (χ0v) is 12.9. The number of rotatable bonds is 2. The van der Waals surface area contributed by atoms with Crippen LogP contribution in [-0.4, -0.2) is 6.61 Å². The smallest absolute Gasteiger partial charge is 0.194 e. The van der Waals surface area contributed by atoms with E-state index in [0.717, 1.165) is 24.1 Å². The van der Waals surface area contributed by atoms with Gasteiger partial charge in [0.2, 0.25) is 0 Å². The Balaban J connectivity index is 2.09. The molecule has 21 heavy (non-hydrogen) atoms. The second kappa shape index (κ2) is 5.54. The Labute approximate surface area is 132 Å². The van der Waals surface area contributed by atoms with E-state index in [4.69, 9.17) is 16.3 Å². The third kappa shape index (κ3) is 2.64. The maximum atomic E-state index is 13.4. The average molecular weight is 378 g/mol. The van der Waals surface area contributed by atoms with Crippen molar-refractivity contribution in [3.63, 3.8) is 0 Å². The van der Waals surface area contributed by atoms with Crippen molar-refractivity contribution in [2.45, 2.75) is 11.2 Å². The minimum Gasteiger partial charge on any atom is -0.493 e. The first-order valence-corrected chi connectivity index (χ1v) is 7.50. The molecule has 0 saturated carbocycles. The molecule has 0 aliphatic carbocycles. The van der Waals surface area contributed by atoms with Gasteiger partial charge in [-0.25, -0.2) is 13.2 Å². The zero-order chi connectivity index (χ0) is 15.1. The molecular formula is C15H9BrClF3O. The van der Waals surface area contributed by atoms with Gasteiger partial charge >= 0.3 is 0 Å². The summed E-state index contributed by atoms with van der Waals surface area (Å²) >= 11 is 9.44. The predicted molar refractivity (Wildman–Crippen MR) is 77.7 cm³/mol. The van der Waals surface area contributed by atoms with E-state index >= 15 is 0 Å². The van der Waals surface area contributed by atoms with Crippen molar-refractivity contribution >= 4 is 27.5 Å². The third-order valence-electron chi connectivity index (χ3n) is 3.35. The van der Waals surface area contributed by atoms with Crippen molar-refractivity contribution in [2.75, 3.05) is 6.61 Å². The third-order valence-corrected chi connectivity index (χ3v) is 4.59. The number of fused-ring (bicyclic) bond motifs is 1. The number of halogens is 5. The van der Waals surface area contributed by atoms with E-state index in [0.29, 0.717) is 22.9 Å². The van der Waals surface area contributed by atoms with Crippen molar-refractivity contribution in [3.8, 4) is 5.75 Å². The number of alkyl halides is 1. The van der Waals surface area contributed by atoms with Crippen LogP contribution in [0.1, 0.15) is 21.5 Å². The lowest BCUT2D eigenvalue weighted by molar-refractivity contribution is 0.354. The van der Waals surface area contributed by atoms with E-state index in [2.05, 4.69) is 15.9 Å². The number of benzene rings is 2. The molecule has 1 nitrogen and oxygen atoms in total. The molecule has 6 heteroatoms. The van der Waals surface area contributed by atoms with E-state index in [1.54, 1.807) is 12.1 Å². The molecule has 0 radical (unpaired) electrons. The second-order valence-corrected chi connectivity index (χ2v) is 6.09. The average Bonchev–Trinajstić information content (AvgIpc) is 2.90. The van der Waals surface area contributed by atoms with Gasteiger partial charge in [0.1, 0.15) is 5.75 Å². The molecular weight excluding hydrogens is 369 g/mol. The van der Waals surface area contributed by atoms with Crippen molar-refractivity contribution in [3.05, 3.63) is 63.4 Å². The summed E-state index contributed by atoms with van der Waals surface area (Å²) in [6.45, 7) is 0.536. The van der Waals surface area contributed by atoms with Crippen LogP contribution in [0, 0.1) is 17.5 Å². The Morgan fingerprint density at radius 1 is 1.10 bits per heavy atom. The van der Waals surface area contributed by atoms with Gasteiger partial charge in [-0.1, -0.05) is 27.5 Å². The molecule has 0 fully saturated rings. The van der Waals surface area contributed by atoms with E-state index in [-0.39, 0.29) is 5.56 Å². The van der Waals surface area contributed by atoms with Crippen LogP contribution in [0.4, 0.5) is 13.2 Å². The molecule has 1 atom stereocenters. The fourth-order valence-electron chi connectivity index (χ4n) is 2.39. The Morgan fingerprint density at radius 2 is 1.76 bits per heavy atom. The molecule has 1 heterocycles. The van der Waals surface area contributed by atoms with Crippen LogP contribution < -0.4 is 4.74 Å². The molecule has 1 aliphatic heterocycles. The molecule has 2 aromatic carbocycles. The fourth-order valence-corrected chi connectivity index (χ4v) is 3.24. The highest BCUT2D eigenvalue weighted by Gasteiger charge is 2.24. The summed E-state index contributed by atoms with van der Waals surface area (Å²) in [6, 6.07) is 5.39. The number of hydrogen-bond donors (Lipinski definition) is 0. The largest absolute Gasteiger partial charge is 0.493 e. The zero-order valence-electron chi connectivity index (χ0n) is 10.6. The predicted octanol–water partition coefficient (Wildman–Crippen LogP) is 5.18. The molecule has 1 aliphatic rings. The number of ether oxygens (including phenoxy) is 1. The van der Waals surface area contributed by atoms with Crippen molar-refractivity contribution in [1.29, 1.82) is 0 Å². The van der Waals surface area contributed by atoms with E-state index in [1.165, 1.54) is 0 Å². The highest BCUT2D eigenvalue weighted by molar-refractivity contribution is 9.09. The van der Waals surface area contributed by atoms with E-state index in [1.807, 2.05) is 0 Å². The van der Waals surface area contributed by atoms with Crippen LogP contribution in [0.5, 0.6) is 5.75 Å². The van der Waals surface area contributed by atoms with Crippen LogP contribution in [0.3, 0.4) is 0 Å². The van der Waals surface area contributed by atoms with Crippen molar-refractivity contribution < 1.29 is 17.9 Å². The first-order valence-electron chi connectivity index (χ1n) is 6.21. The van der Waals surface area contributed by atoms with E-state index < -0.39 is 22.3 Å². The first kappa shape index (κ1) is 14.7. The Hall–Kier alpha value is -1.20. The van der Waals surface area contributed by atoms with Gasteiger partial charge in [0.05, 0.1) is 11.4 Å². The van der Waals surface area contributed by atoms with Crippen molar-refractivity contribution in [1.82, 2.24) is 0 Å². The lowest BCUT2D eigenvalue weighted by Crippen LogP contribution is -2.00. The summed E-state index contributed by atoms with van der Waals surface area (Å²) in [5.74, 6) is -3.28. The fraction of sp³-hybridized carbons (Fsp3) is 0.200. The normalized spacial score (nSPS) is 14.7. The lowest BCUT2D eigenvalue weighted by Gasteiger charge is -2.15. The van der Waals surface area contributed by atoms with Crippen LogP contribution >= 0.6 is 27.5 Å². The van der Waals surface area contributed by atoms with Crippen LogP contribution in [0.15, 0.2) is 24.3 Å². The van der Waals surface area contributed by atoms with Crippen LogP contribution in [0.25, 0.3) is 0 Å². The van der Waals surface area contributed by atoms with Crippen LogP contribution in [-0.2, 0) is 6.42 Å². The molecule has 110 valence electrons. The van der Waals surface area contributed by atoms with Crippen molar-refractivity contribution in [2.24, 2.45) is 0 Å². The summed E-state index contributed by atoms with van der Waals surface area (Å²) in [7, 11) is 0. The topological polar surface area (TPSA) is 9.23 Å². The van der Waals surface area contributed by atoms with Gasteiger partial charge < -0.3 is 4.74 Å². The summed E-state index contributed by atoms with van der Waals surface area (Å²) in [4.78, 5) is -0.548. The molecule has 0 saturated heterocycles. The van der Waals surface area contributed by atoms with E-state index in [9.17, 15) is 13.2 Å². The Bertz CT molecular complexity index is 697. The molecule has 0 N–H and O–H groups in total. The van der Waals surface area contributed by atoms with Gasteiger partial charge in [0.25, 0.3) is 0 Å². The standard InChI is InChI=1S/C15H9BrClF3O/c16-13(8-4-11(18)14(20)12(19)5-8)10-6-9(17)3-7-1-2-21-15(7)10/h3-6,13H,1-2H2. The Kier molecular flexibility index (Phi) is 3.88. The first-order chi connectivity index (χ1) is 9.97. The monoisotopic (exact) mass is 376 g/mol. The summed E-state index contributed by atoms with van der Waals surface area (Å²) in [5, 5.41) is 0.516. The van der Waals surface area contributed by atoms with Crippen LogP contribution in [0.2, 0.25) is 5.02 Å². The summed E-state index contributed by atoms with van der Waals surface area (Å²) < 4.78 is 45.4. The summed E-state index contributed by atoms with van der Waals surface area (Å²) in [6.07, 6.45) is 0.731. The van der Waals surface area contributed by atoms with Gasteiger partial charge in [-0.05, 0) is 35.4 Å². The van der Waals surface area contributed by atoms with Gasteiger partial charge in [-0.2, -0.15) is 0 Å². The molecule has 3 rings (SSSR count). The van der Waals surface area contributed by atoms with Gasteiger partial charge in [-0.15, -0.1) is 0 Å². The highest BCUT2D eigenvalue weighted by Crippen LogP contribution is 2.42. The quantitative estimate of drug-likeness (QED) is 0.518. The minimum absolute atomic E-state index is 0.256. The molecule has 2 aromatic rings. The number of hydrogen-bond acceptors (Lipinski definition) is 1. The molecule has 0 spiro atoms. The molecule has 1 unspecified atom stereocenters. The molecule has 0 bridgehead atoms. The molecule has 0 amide bonds.